The van der Waals surface area contributed by atoms with Crippen LogP contribution in [-0.2, 0) is 11.3 Å². The van der Waals surface area contributed by atoms with Crippen molar-refractivity contribution in [2.75, 3.05) is 6.61 Å². The van der Waals surface area contributed by atoms with Crippen LogP contribution < -0.4 is 15.8 Å². The van der Waals surface area contributed by atoms with Crippen LogP contribution in [0.3, 0.4) is 0 Å². The van der Waals surface area contributed by atoms with E-state index in [1.807, 2.05) is 36.5 Å². The summed E-state index contributed by atoms with van der Waals surface area (Å²) in [6.45, 7) is 2.57. The van der Waals surface area contributed by atoms with Crippen LogP contribution in [0.2, 0.25) is 0 Å². The quantitative estimate of drug-likeness (QED) is 0.868. The first-order chi connectivity index (χ1) is 9.10. The Morgan fingerprint density at radius 1 is 1.37 bits per heavy atom. The van der Waals surface area contributed by atoms with Gasteiger partial charge in [-0.05, 0) is 31.2 Å². The van der Waals surface area contributed by atoms with Crippen molar-refractivity contribution in [2.45, 2.75) is 13.5 Å². The Morgan fingerprint density at radius 3 is 2.84 bits per heavy atom. The number of urea groups is 1. The molecule has 0 radical (unpaired) electrons. The molecule has 0 fully saturated rings. The number of hydrogen-bond donors (Lipinski definition) is 2. The second kappa shape index (κ2) is 5.43. The van der Waals surface area contributed by atoms with Gasteiger partial charge in [-0.15, -0.1) is 0 Å². The summed E-state index contributed by atoms with van der Waals surface area (Å²) in [7, 11) is 0. The standard InChI is InChI=1S/C13H15N3O3/c1-2-19-10-3-4-11-9(7-10)5-6-16(11)8-12(17)15-13(14)18/h3-7H,2,8H2,1H3,(H3,14,15,17,18). The van der Waals surface area contributed by atoms with Gasteiger partial charge in [-0.3, -0.25) is 10.1 Å². The summed E-state index contributed by atoms with van der Waals surface area (Å²) in [5.74, 6) is 0.341. The lowest BCUT2D eigenvalue weighted by Crippen LogP contribution is -2.37. The van der Waals surface area contributed by atoms with Crippen molar-refractivity contribution in [3.05, 3.63) is 30.5 Å². The van der Waals surface area contributed by atoms with Crippen LogP contribution in [-0.4, -0.2) is 23.1 Å². The molecule has 0 aliphatic rings. The molecule has 0 saturated heterocycles. The molecule has 1 aromatic heterocycles. The van der Waals surface area contributed by atoms with Gasteiger partial charge in [0.05, 0.1) is 6.61 Å². The number of rotatable bonds is 4. The molecule has 0 aliphatic carbocycles. The van der Waals surface area contributed by atoms with Gasteiger partial charge in [0.25, 0.3) is 0 Å². The first-order valence-electron chi connectivity index (χ1n) is 5.91. The maximum absolute atomic E-state index is 11.5. The number of imide groups is 1. The van der Waals surface area contributed by atoms with Crippen LogP contribution in [0.5, 0.6) is 5.75 Å². The Morgan fingerprint density at radius 2 is 2.16 bits per heavy atom. The minimum absolute atomic E-state index is 0.0421. The maximum atomic E-state index is 11.5. The van der Waals surface area contributed by atoms with E-state index >= 15 is 0 Å². The summed E-state index contributed by atoms with van der Waals surface area (Å²) >= 11 is 0. The molecule has 1 heterocycles. The van der Waals surface area contributed by atoms with Gasteiger partial charge in [-0.2, -0.15) is 0 Å². The molecule has 1 aromatic carbocycles. The van der Waals surface area contributed by atoms with Crippen molar-refractivity contribution in [1.29, 1.82) is 0 Å². The van der Waals surface area contributed by atoms with Crippen molar-refractivity contribution in [2.24, 2.45) is 5.73 Å². The summed E-state index contributed by atoms with van der Waals surface area (Å²) in [5.41, 5.74) is 5.78. The lowest BCUT2D eigenvalue weighted by atomic mass is 10.2. The molecule has 0 atom stereocenters. The first-order valence-corrected chi connectivity index (χ1v) is 5.91. The number of primary amides is 1. The number of nitrogens with one attached hydrogen (secondary N) is 1. The van der Waals surface area contributed by atoms with Gasteiger partial charge in [0.1, 0.15) is 12.3 Å². The third-order valence-electron chi connectivity index (χ3n) is 2.63. The Labute approximate surface area is 110 Å². The van der Waals surface area contributed by atoms with Gasteiger partial charge < -0.3 is 15.0 Å². The number of ether oxygens (including phenoxy) is 1. The van der Waals surface area contributed by atoms with Gasteiger partial charge in [0.15, 0.2) is 0 Å². The predicted octanol–water partition coefficient (Wildman–Crippen LogP) is 1.23. The summed E-state index contributed by atoms with van der Waals surface area (Å²) in [4.78, 5) is 22.1. The molecule has 2 rings (SSSR count). The molecule has 0 aliphatic heterocycles. The van der Waals surface area contributed by atoms with Crippen LogP contribution in [0.1, 0.15) is 6.92 Å². The molecule has 19 heavy (non-hydrogen) atoms. The van der Waals surface area contributed by atoms with E-state index in [2.05, 4.69) is 0 Å². The number of aromatic nitrogens is 1. The van der Waals surface area contributed by atoms with E-state index in [-0.39, 0.29) is 6.54 Å². The van der Waals surface area contributed by atoms with Crippen molar-refractivity contribution in [3.8, 4) is 5.75 Å². The topological polar surface area (TPSA) is 86.3 Å². The average molecular weight is 261 g/mol. The lowest BCUT2D eigenvalue weighted by Gasteiger charge is -2.06. The largest absolute Gasteiger partial charge is 0.494 e. The predicted molar refractivity (Wildman–Crippen MR) is 70.8 cm³/mol. The molecule has 0 saturated carbocycles. The SMILES string of the molecule is CCOc1ccc2c(ccn2CC(=O)NC(N)=O)c1. The fraction of sp³-hybridized carbons (Fsp3) is 0.231. The molecular weight excluding hydrogens is 246 g/mol. The number of fused-ring (bicyclic) bond motifs is 1. The number of benzene rings is 1. The molecule has 0 unspecified atom stereocenters. The van der Waals surface area contributed by atoms with Gasteiger partial charge >= 0.3 is 6.03 Å². The van der Waals surface area contributed by atoms with Crippen LogP contribution in [0.25, 0.3) is 10.9 Å². The second-order valence-electron chi connectivity index (χ2n) is 4.01. The van der Waals surface area contributed by atoms with E-state index < -0.39 is 11.9 Å². The molecule has 3 amide bonds. The van der Waals surface area contributed by atoms with Gasteiger partial charge in [-0.25, -0.2) is 4.79 Å². The number of amides is 3. The second-order valence-corrected chi connectivity index (χ2v) is 4.01. The normalized spacial score (nSPS) is 10.4. The van der Waals surface area contributed by atoms with Gasteiger partial charge in [0.2, 0.25) is 5.91 Å². The highest BCUT2D eigenvalue weighted by Gasteiger charge is 2.08. The molecule has 0 bridgehead atoms. The maximum Gasteiger partial charge on any atom is 0.318 e. The van der Waals surface area contributed by atoms with E-state index in [1.165, 1.54) is 0 Å². The van der Waals surface area contributed by atoms with Crippen molar-refractivity contribution in [3.63, 3.8) is 0 Å². The third-order valence-corrected chi connectivity index (χ3v) is 2.63. The molecular formula is C13H15N3O3. The van der Waals surface area contributed by atoms with E-state index in [9.17, 15) is 9.59 Å². The summed E-state index contributed by atoms with van der Waals surface area (Å²) in [6, 6.07) is 6.66. The first kappa shape index (κ1) is 12.9. The minimum Gasteiger partial charge on any atom is -0.494 e. The molecule has 100 valence electrons. The zero-order chi connectivity index (χ0) is 13.8. The number of carbonyl (C=O) groups is 2. The molecule has 0 spiro atoms. The highest BCUT2D eigenvalue weighted by atomic mass is 16.5. The van der Waals surface area contributed by atoms with Gasteiger partial charge in [-0.1, -0.05) is 0 Å². The van der Waals surface area contributed by atoms with Crippen molar-refractivity contribution < 1.29 is 14.3 Å². The van der Waals surface area contributed by atoms with Crippen LogP contribution in [0.4, 0.5) is 4.79 Å². The molecule has 3 N–H and O–H groups in total. The minimum atomic E-state index is -0.847. The van der Waals surface area contributed by atoms with Crippen LogP contribution in [0.15, 0.2) is 30.5 Å². The molecule has 2 aromatic rings. The Kier molecular flexibility index (Phi) is 3.70. The summed E-state index contributed by atoms with van der Waals surface area (Å²) in [5, 5.41) is 3.00. The average Bonchev–Trinajstić information content (AvgIpc) is 2.71. The highest BCUT2D eigenvalue weighted by molar-refractivity contribution is 5.94. The van der Waals surface area contributed by atoms with E-state index in [1.54, 1.807) is 10.8 Å². The summed E-state index contributed by atoms with van der Waals surface area (Å²) < 4.78 is 7.15. The number of hydrogen-bond acceptors (Lipinski definition) is 3. The number of nitrogens with two attached hydrogens (primary N) is 1. The third kappa shape index (κ3) is 3.04. The smallest absolute Gasteiger partial charge is 0.318 e. The number of nitrogens with zero attached hydrogens (tertiary/aromatic N) is 1. The fourth-order valence-corrected chi connectivity index (χ4v) is 1.90. The number of carbonyl (C=O) groups excluding carboxylic acids is 2. The van der Waals surface area contributed by atoms with E-state index in [4.69, 9.17) is 10.5 Å². The van der Waals surface area contributed by atoms with E-state index in [0.717, 1.165) is 16.7 Å². The Bertz CT molecular complexity index is 619. The van der Waals surface area contributed by atoms with Crippen molar-refractivity contribution in [1.82, 2.24) is 9.88 Å². The molecule has 6 heteroatoms. The fourth-order valence-electron chi connectivity index (χ4n) is 1.90. The Balaban J connectivity index is 2.21. The Hall–Kier alpha value is -2.50. The zero-order valence-electron chi connectivity index (χ0n) is 10.6. The molecule has 6 nitrogen and oxygen atoms in total. The van der Waals surface area contributed by atoms with Crippen molar-refractivity contribution >= 4 is 22.8 Å². The van der Waals surface area contributed by atoms with Gasteiger partial charge in [0, 0.05) is 17.1 Å². The summed E-state index contributed by atoms with van der Waals surface area (Å²) in [6.07, 6.45) is 1.78. The van der Waals surface area contributed by atoms with Crippen LogP contribution in [0, 0.1) is 0 Å². The van der Waals surface area contributed by atoms with E-state index in [0.29, 0.717) is 6.61 Å². The van der Waals surface area contributed by atoms with Crippen LogP contribution >= 0.6 is 0 Å². The lowest BCUT2D eigenvalue weighted by molar-refractivity contribution is -0.120. The monoisotopic (exact) mass is 261 g/mol. The highest BCUT2D eigenvalue weighted by Crippen LogP contribution is 2.22. The zero-order valence-corrected chi connectivity index (χ0v) is 10.6.